The number of hydrogen-bond acceptors (Lipinski definition) is 8. The van der Waals surface area contributed by atoms with Gasteiger partial charge in [-0.25, -0.2) is 4.79 Å². The van der Waals surface area contributed by atoms with Crippen molar-refractivity contribution >= 4 is 23.4 Å². The number of carbonyl (C=O) groups is 1. The zero-order chi connectivity index (χ0) is 23.5. The molecule has 0 atom stereocenters. The van der Waals surface area contributed by atoms with Gasteiger partial charge in [0, 0.05) is 19.3 Å². The molecule has 2 N–H and O–H groups in total. The molecule has 33 heavy (non-hydrogen) atoms. The fourth-order valence-electron chi connectivity index (χ4n) is 3.43. The molecule has 170 valence electrons. The van der Waals surface area contributed by atoms with Crippen molar-refractivity contribution in [2.24, 2.45) is 7.05 Å². The number of Topliss-reactive ketones (excluding diaryl/α,β-unsaturated/α-hetero) is 1. The highest BCUT2D eigenvalue weighted by molar-refractivity contribution is 7.99. The van der Waals surface area contributed by atoms with Crippen LogP contribution in [0.1, 0.15) is 23.7 Å². The number of carbonyl (C=O) groups excluding carboxylic acids is 1. The Hall–Kier alpha value is -3.86. The highest BCUT2D eigenvalue weighted by atomic mass is 32.2. The number of thioether (sulfide) groups is 1. The third-order valence-corrected chi connectivity index (χ3v) is 5.96. The van der Waals surface area contributed by atoms with Crippen LogP contribution >= 0.6 is 11.8 Å². The third-order valence-electron chi connectivity index (χ3n) is 5.03. The predicted molar refractivity (Wildman–Crippen MR) is 125 cm³/mol. The number of furan rings is 1. The van der Waals surface area contributed by atoms with E-state index >= 15 is 0 Å². The Morgan fingerprint density at radius 1 is 1.12 bits per heavy atom. The van der Waals surface area contributed by atoms with Crippen LogP contribution in [0.3, 0.4) is 0 Å². The van der Waals surface area contributed by atoms with Crippen LogP contribution in [0.4, 0.5) is 5.82 Å². The molecule has 0 spiro atoms. The maximum atomic E-state index is 13.1. The monoisotopic (exact) mass is 466 g/mol. The molecule has 0 bridgehead atoms. The van der Waals surface area contributed by atoms with Gasteiger partial charge >= 0.3 is 5.69 Å². The number of para-hydroxylation sites is 1. The minimum Gasteiger partial charge on any atom is -0.461 e. The molecule has 10 nitrogen and oxygen atoms in total. The summed E-state index contributed by atoms with van der Waals surface area (Å²) >= 11 is 1.12. The summed E-state index contributed by atoms with van der Waals surface area (Å²) < 4.78 is 9.42. The normalized spacial score (nSPS) is 11.1. The van der Waals surface area contributed by atoms with Crippen LogP contribution < -0.4 is 17.0 Å². The summed E-state index contributed by atoms with van der Waals surface area (Å²) in [4.78, 5) is 38.1. The fourth-order valence-corrected chi connectivity index (χ4v) is 4.25. The summed E-state index contributed by atoms with van der Waals surface area (Å²) in [5, 5.41) is 8.91. The Morgan fingerprint density at radius 2 is 1.88 bits per heavy atom. The molecule has 0 unspecified atom stereocenters. The Kier molecular flexibility index (Phi) is 6.31. The van der Waals surface area contributed by atoms with Crippen LogP contribution in [-0.4, -0.2) is 35.4 Å². The molecule has 0 aliphatic carbocycles. The van der Waals surface area contributed by atoms with Crippen LogP contribution in [0.5, 0.6) is 0 Å². The summed E-state index contributed by atoms with van der Waals surface area (Å²) in [6.07, 6.45) is 2.17. The molecule has 1 aromatic carbocycles. The number of nitrogens with zero attached hydrogens (tertiary/aromatic N) is 5. The second-order valence-corrected chi connectivity index (χ2v) is 8.17. The Morgan fingerprint density at radius 3 is 2.55 bits per heavy atom. The van der Waals surface area contributed by atoms with Crippen LogP contribution in [0, 0.1) is 0 Å². The second kappa shape index (κ2) is 9.33. The van der Waals surface area contributed by atoms with Gasteiger partial charge in [-0.05, 0) is 30.7 Å². The summed E-state index contributed by atoms with van der Waals surface area (Å²) in [5.74, 6) is 0.274. The molecule has 0 amide bonds. The first kappa shape index (κ1) is 22.3. The molecule has 3 heterocycles. The quantitative estimate of drug-likeness (QED) is 0.309. The number of nitrogens with two attached hydrogens (primary N) is 1. The minimum atomic E-state index is -0.712. The molecule has 4 rings (SSSR count). The second-order valence-electron chi connectivity index (χ2n) is 7.22. The van der Waals surface area contributed by atoms with Gasteiger partial charge in [0.2, 0.25) is 5.82 Å². The van der Waals surface area contributed by atoms with E-state index in [0.29, 0.717) is 29.7 Å². The average Bonchev–Trinajstić information content (AvgIpc) is 3.49. The Labute approximate surface area is 192 Å². The molecule has 11 heteroatoms. The van der Waals surface area contributed by atoms with Crippen LogP contribution in [0.15, 0.2) is 67.9 Å². The summed E-state index contributed by atoms with van der Waals surface area (Å²) in [7, 11) is 1.34. The van der Waals surface area contributed by atoms with E-state index in [4.69, 9.17) is 10.2 Å². The van der Waals surface area contributed by atoms with E-state index in [-0.39, 0.29) is 17.1 Å². The molecule has 0 fully saturated rings. The average molecular weight is 467 g/mol. The summed E-state index contributed by atoms with van der Waals surface area (Å²) in [5.41, 5.74) is 5.40. The number of nitrogen functional groups attached to an aromatic ring is 1. The summed E-state index contributed by atoms with van der Waals surface area (Å²) in [6, 6.07) is 12.9. The van der Waals surface area contributed by atoms with Gasteiger partial charge in [-0.3, -0.25) is 23.3 Å². The van der Waals surface area contributed by atoms with E-state index in [0.717, 1.165) is 22.0 Å². The van der Waals surface area contributed by atoms with Crippen molar-refractivity contribution in [1.82, 2.24) is 23.9 Å². The van der Waals surface area contributed by atoms with E-state index in [1.54, 1.807) is 23.0 Å². The van der Waals surface area contributed by atoms with Crippen molar-refractivity contribution in [3.05, 3.63) is 75.1 Å². The predicted octanol–water partition coefficient (Wildman–Crippen LogP) is 2.35. The maximum Gasteiger partial charge on any atom is 0.332 e. The number of aromatic nitrogens is 5. The van der Waals surface area contributed by atoms with Crippen LogP contribution in [0.2, 0.25) is 0 Å². The van der Waals surface area contributed by atoms with Crippen LogP contribution in [-0.2, 0) is 13.6 Å². The molecule has 0 aliphatic rings. The lowest BCUT2D eigenvalue weighted by Gasteiger charge is -2.14. The van der Waals surface area contributed by atoms with E-state index in [9.17, 15) is 14.4 Å². The molecule has 3 aromatic heterocycles. The molecule has 0 saturated heterocycles. The molecule has 0 saturated carbocycles. The molecule has 0 radical (unpaired) electrons. The van der Waals surface area contributed by atoms with Gasteiger partial charge in [-0.1, -0.05) is 36.9 Å². The zero-order valence-corrected chi connectivity index (χ0v) is 18.9. The number of ketones is 1. The third kappa shape index (κ3) is 4.14. The largest absolute Gasteiger partial charge is 0.461 e. The van der Waals surface area contributed by atoms with Gasteiger partial charge in [-0.15, -0.1) is 10.2 Å². The lowest BCUT2D eigenvalue weighted by Crippen LogP contribution is -2.42. The maximum absolute atomic E-state index is 13.1. The fraction of sp³-hybridized carbons (Fsp3) is 0.227. The molecule has 4 aromatic rings. The van der Waals surface area contributed by atoms with Gasteiger partial charge < -0.3 is 10.2 Å². The van der Waals surface area contributed by atoms with Crippen molar-refractivity contribution in [2.45, 2.75) is 25.0 Å². The van der Waals surface area contributed by atoms with Crippen molar-refractivity contribution in [2.75, 3.05) is 11.5 Å². The van der Waals surface area contributed by atoms with Crippen molar-refractivity contribution in [3.63, 3.8) is 0 Å². The topological polar surface area (TPSA) is 131 Å². The lowest BCUT2D eigenvalue weighted by molar-refractivity contribution is 0.102. The van der Waals surface area contributed by atoms with Crippen LogP contribution in [0.25, 0.3) is 17.3 Å². The summed E-state index contributed by atoms with van der Waals surface area (Å²) in [6.45, 7) is 2.18. The van der Waals surface area contributed by atoms with Gasteiger partial charge in [0.25, 0.3) is 5.56 Å². The molecular weight excluding hydrogens is 444 g/mol. The van der Waals surface area contributed by atoms with Gasteiger partial charge in [0.1, 0.15) is 11.4 Å². The molecular formula is C22H22N6O4S. The first-order valence-corrected chi connectivity index (χ1v) is 11.2. The van der Waals surface area contributed by atoms with E-state index in [1.165, 1.54) is 11.6 Å². The number of anilines is 1. The van der Waals surface area contributed by atoms with E-state index in [1.807, 2.05) is 37.3 Å². The Balaban J connectivity index is 1.69. The smallest absolute Gasteiger partial charge is 0.332 e. The molecule has 0 aliphatic heterocycles. The van der Waals surface area contributed by atoms with Gasteiger partial charge in [0.15, 0.2) is 16.7 Å². The Bertz CT molecular complexity index is 1400. The van der Waals surface area contributed by atoms with E-state index in [2.05, 4.69) is 10.2 Å². The highest BCUT2D eigenvalue weighted by Gasteiger charge is 2.23. The minimum absolute atomic E-state index is 0.114. The standard InChI is InChI=1S/C22H22N6O4S/c1-3-11-27-18(23)17(20(30)26(2)22(27)31)15(29)13-33-21-25-24-19(16-10-7-12-32-16)28(21)14-8-5-4-6-9-14/h4-10,12H,3,11,13,23H2,1-2H3. The van der Waals surface area contributed by atoms with Crippen molar-refractivity contribution in [3.8, 4) is 17.3 Å². The SMILES string of the molecule is CCCn1c(N)c(C(=O)CSc2nnc(-c3ccco3)n2-c2ccccc2)c(=O)n(C)c1=O. The lowest BCUT2D eigenvalue weighted by atomic mass is 10.2. The number of hydrogen-bond donors (Lipinski definition) is 1. The van der Waals surface area contributed by atoms with Crippen molar-refractivity contribution in [1.29, 1.82) is 0 Å². The van der Waals surface area contributed by atoms with E-state index < -0.39 is 17.0 Å². The van der Waals surface area contributed by atoms with Crippen molar-refractivity contribution < 1.29 is 9.21 Å². The first-order chi connectivity index (χ1) is 15.9. The van der Waals surface area contributed by atoms with Gasteiger partial charge in [0.05, 0.1) is 12.0 Å². The highest BCUT2D eigenvalue weighted by Crippen LogP contribution is 2.28. The number of rotatable bonds is 8. The first-order valence-electron chi connectivity index (χ1n) is 10.2. The number of benzene rings is 1. The zero-order valence-electron chi connectivity index (χ0n) is 18.1. The van der Waals surface area contributed by atoms with Gasteiger partial charge in [-0.2, -0.15) is 0 Å².